The first-order valence-corrected chi connectivity index (χ1v) is 8.31. The summed E-state index contributed by atoms with van der Waals surface area (Å²) < 4.78 is 1.27. The maximum absolute atomic E-state index is 2.59. The van der Waals surface area contributed by atoms with Crippen LogP contribution in [0.25, 0.3) is 0 Å². The molecule has 2 aromatic rings. The average Bonchev–Trinajstić information content (AvgIpc) is 2.44. The molecule has 1 fully saturated rings. The van der Waals surface area contributed by atoms with E-state index in [1.54, 1.807) is 0 Å². The number of nitrogens with zero attached hydrogens (tertiary/aromatic N) is 1. The molecule has 1 heterocycles. The molecule has 0 N–H and O–H groups in total. The third-order valence-electron chi connectivity index (χ3n) is 3.80. The molecule has 0 aliphatic carbocycles. The van der Waals surface area contributed by atoms with Crippen molar-refractivity contribution in [3.63, 3.8) is 0 Å². The Morgan fingerprint density at radius 2 is 1.37 bits per heavy atom. The van der Waals surface area contributed by atoms with E-state index in [-0.39, 0.29) is 0 Å². The fourth-order valence-corrected chi connectivity index (χ4v) is 3.36. The Bertz CT molecular complexity index is 466. The predicted octanol–water partition coefficient (Wildman–Crippen LogP) is 4.14. The fourth-order valence-electron chi connectivity index (χ4n) is 2.80. The molecule has 0 atom stereocenters. The lowest BCUT2D eigenvalue weighted by atomic mass is 9.91. The number of hydrogen-bond donors (Lipinski definition) is 0. The smallest absolute Gasteiger partial charge is 0.0602 e. The second-order valence-electron chi connectivity index (χ2n) is 5.20. The van der Waals surface area contributed by atoms with Crippen molar-refractivity contribution in [3.05, 3.63) is 71.8 Å². The van der Waals surface area contributed by atoms with E-state index in [0.717, 1.165) is 5.92 Å². The molecule has 19 heavy (non-hydrogen) atoms. The topological polar surface area (TPSA) is 3.24 Å². The van der Waals surface area contributed by atoms with Crippen LogP contribution in [-0.4, -0.2) is 22.4 Å². The quantitative estimate of drug-likeness (QED) is 0.583. The van der Waals surface area contributed by atoms with Crippen molar-refractivity contribution in [2.75, 3.05) is 17.5 Å². The van der Waals surface area contributed by atoms with Gasteiger partial charge in [-0.2, -0.15) is 0 Å². The molecule has 3 rings (SSSR count). The van der Waals surface area contributed by atoms with Crippen molar-refractivity contribution in [1.29, 1.82) is 0 Å². The zero-order valence-corrected chi connectivity index (χ0v) is 13.0. The van der Waals surface area contributed by atoms with Crippen LogP contribution in [0.15, 0.2) is 60.7 Å². The monoisotopic (exact) mass is 363 g/mol. The lowest BCUT2D eigenvalue weighted by molar-refractivity contribution is 0.0838. The van der Waals surface area contributed by atoms with Gasteiger partial charge >= 0.3 is 0 Å². The summed E-state index contributed by atoms with van der Waals surface area (Å²) >= 11 is 2.50. The van der Waals surface area contributed by atoms with Crippen LogP contribution < -0.4 is 0 Å². The van der Waals surface area contributed by atoms with Crippen molar-refractivity contribution >= 4 is 22.6 Å². The van der Waals surface area contributed by atoms with Crippen molar-refractivity contribution in [1.82, 2.24) is 4.90 Å². The third kappa shape index (κ3) is 2.84. The summed E-state index contributed by atoms with van der Waals surface area (Å²) in [7, 11) is 0. The van der Waals surface area contributed by atoms with E-state index in [1.807, 2.05) is 0 Å². The summed E-state index contributed by atoms with van der Waals surface area (Å²) in [6, 6.07) is 22.1. The SMILES string of the molecule is ICC1CN(C(c2ccccc2)c2ccccc2)C1. The van der Waals surface area contributed by atoms with Crippen LogP contribution in [0.1, 0.15) is 17.2 Å². The maximum atomic E-state index is 2.59. The first kappa shape index (κ1) is 13.1. The molecule has 0 aromatic heterocycles. The van der Waals surface area contributed by atoms with Gasteiger partial charge in [0.25, 0.3) is 0 Å². The Kier molecular flexibility index (Phi) is 4.18. The van der Waals surface area contributed by atoms with Crippen LogP contribution in [0.2, 0.25) is 0 Å². The van der Waals surface area contributed by atoms with Gasteiger partial charge in [0.2, 0.25) is 0 Å². The Morgan fingerprint density at radius 1 is 0.895 bits per heavy atom. The van der Waals surface area contributed by atoms with Gasteiger partial charge in [-0.3, -0.25) is 4.90 Å². The summed E-state index contributed by atoms with van der Waals surface area (Å²) in [5, 5.41) is 0. The van der Waals surface area contributed by atoms with E-state index < -0.39 is 0 Å². The minimum absolute atomic E-state index is 0.418. The van der Waals surface area contributed by atoms with Gasteiger partial charge in [0.15, 0.2) is 0 Å². The molecule has 1 saturated heterocycles. The lowest BCUT2D eigenvalue weighted by Crippen LogP contribution is -2.49. The molecule has 1 nitrogen and oxygen atoms in total. The van der Waals surface area contributed by atoms with Crippen LogP contribution in [-0.2, 0) is 0 Å². The third-order valence-corrected chi connectivity index (χ3v) is 5.05. The predicted molar refractivity (Wildman–Crippen MR) is 88.7 cm³/mol. The summed E-state index contributed by atoms with van der Waals surface area (Å²) in [6.45, 7) is 2.44. The minimum atomic E-state index is 0.418. The van der Waals surface area contributed by atoms with E-state index in [0.29, 0.717) is 6.04 Å². The normalized spacial score (nSPS) is 16.5. The molecule has 0 unspecified atom stereocenters. The highest BCUT2D eigenvalue weighted by Crippen LogP contribution is 2.34. The van der Waals surface area contributed by atoms with Crippen LogP contribution in [0.5, 0.6) is 0 Å². The van der Waals surface area contributed by atoms with E-state index in [1.165, 1.54) is 28.6 Å². The lowest BCUT2D eigenvalue weighted by Gasteiger charge is -2.44. The highest BCUT2D eigenvalue weighted by Gasteiger charge is 2.32. The standard InChI is InChI=1S/C17H18IN/c18-11-14-12-19(13-14)17(15-7-3-1-4-8-15)16-9-5-2-6-10-16/h1-10,14,17H,11-13H2. The van der Waals surface area contributed by atoms with E-state index in [2.05, 4.69) is 88.2 Å². The van der Waals surface area contributed by atoms with E-state index >= 15 is 0 Å². The van der Waals surface area contributed by atoms with Gasteiger partial charge in [0, 0.05) is 17.5 Å². The average molecular weight is 363 g/mol. The molecule has 0 saturated carbocycles. The summed E-state index contributed by atoms with van der Waals surface area (Å²) in [5.41, 5.74) is 2.81. The summed E-state index contributed by atoms with van der Waals surface area (Å²) in [5.74, 6) is 0.871. The van der Waals surface area contributed by atoms with Gasteiger partial charge < -0.3 is 0 Å². The van der Waals surface area contributed by atoms with Gasteiger partial charge in [-0.05, 0) is 17.0 Å². The van der Waals surface area contributed by atoms with Crippen molar-refractivity contribution in [2.24, 2.45) is 5.92 Å². The molecule has 1 aliphatic heterocycles. The van der Waals surface area contributed by atoms with Crippen molar-refractivity contribution in [3.8, 4) is 0 Å². The maximum Gasteiger partial charge on any atom is 0.0602 e. The molecule has 1 aliphatic rings. The van der Waals surface area contributed by atoms with E-state index in [9.17, 15) is 0 Å². The van der Waals surface area contributed by atoms with Gasteiger partial charge in [0.1, 0.15) is 0 Å². The van der Waals surface area contributed by atoms with Crippen LogP contribution in [0, 0.1) is 5.92 Å². The molecular weight excluding hydrogens is 345 g/mol. The Labute approximate surface area is 128 Å². The second kappa shape index (κ2) is 6.06. The largest absolute Gasteiger partial charge is 0.292 e. The molecule has 0 radical (unpaired) electrons. The van der Waals surface area contributed by atoms with Crippen molar-refractivity contribution < 1.29 is 0 Å². The van der Waals surface area contributed by atoms with Crippen molar-refractivity contribution in [2.45, 2.75) is 6.04 Å². The molecule has 0 bridgehead atoms. The highest BCUT2D eigenvalue weighted by molar-refractivity contribution is 14.1. The number of benzene rings is 2. The Balaban J connectivity index is 1.89. The molecule has 0 amide bonds. The van der Waals surface area contributed by atoms with E-state index in [4.69, 9.17) is 0 Å². The number of halogens is 1. The van der Waals surface area contributed by atoms with Gasteiger partial charge in [-0.15, -0.1) is 0 Å². The van der Waals surface area contributed by atoms with Crippen LogP contribution >= 0.6 is 22.6 Å². The number of rotatable bonds is 4. The molecule has 2 heteroatoms. The van der Waals surface area contributed by atoms with Gasteiger partial charge in [-0.1, -0.05) is 83.3 Å². The van der Waals surface area contributed by atoms with Crippen LogP contribution in [0.3, 0.4) is 0 Å². The minimum Gasteiger partial charge on any atom is -0.292 e. The molecular formula is C17H18IN. The first-order valence-electron chi connectivity index (χ1n) is 6.78. The summed E-state index contributed by atoms with van der Waals surface area (Å²) in [6.07, 6.45) is 0. The molecule has 0 spiro atoms. The number of hydrogen-bond acceptors (Lipinski definition) is 1. The fraction of sp³-hybridized carbons (Fsp3) is 0.294. The first-order chi connectivity index (χ1) is 9.38. The molecule has 2 aromatic carbocycles. The van der Waals surface area contributed by atoms with Crippen LogP contribution in [0.4, 0.5) is 0 Å². The molecule has 98 valence electrons. The van der Waals surface area contributed by atoms with Gasteiger partial charge in [0.05, 0.1) is 6.04 Å². The zero-order chi connectivity index (χ0) is 13.1. The zero-order valence-electron chi connectivity index (χ0n) is 10.9. The number of likely N-dealkylation sites (tertiary alicyclic amines) is 1. The Morgan fingerprint density at radius 3 is 1.79 bits per heavy atom. The Hall–Kier alpha value is -0.870. The number of alkyl halides is 1. The van der Waals surface area contributed by atoms with Gasteiger partial charge in [-0.25, -0.2) is 0 Å². The summed E-state index contributed by atoms with van der Waals surface area (Å²) in [4.78, 5) is 2.59. The highest BCUT2D eigenvalue weighted by atomic mass is 127. The second-order valence-corrected chi connectivity index (χ2v) is 6.08.